The van der Waals surface area contributed by atoms with Crippen LogP contribution >= 0.6 is 0 Å². The zero-order valence-electron chi connectivity index (χ0n) is 12.1. The van der Waals surface area contributed by atoms with Crippen LogP contribution in [0.4, 0.5) is 11.8 Å². The summed E-state index contributed by atoms with van der Waals surface area (Å²) in [6, 6.07) is 0. The first-order valence-corrected chi connectivity index (χ1v) is 6.69. The highest BCUT2D eigenvalue weighted by Gasteiger charge is 2.50. The fraction of sp³-hybridized carbons (Fsp3) is 0.583. The van der Waals surface area contributed by atoms with E-state index in [1.54, 1.807) is 0 Å². The number of nitrogens with zero attached hydrogens (tertiary/aromatic N) is 4. The molecule has 0 amide bonds. The third-order valence-corrected chi connectivity index (χ3v) is 3.67. The van der Waals surface area contributed by atoms with Gasteiger partial charge in [-0.1, -0.05) is 0 Å². The molecule has 2 aromatic rings. The number of hydrogen-bond acceptors (Lipinski definition) is 9. The highest BCUT2D eigenvalue weighted by Crippen LogP contribution is 2.36. The maximum atomic E-state index is 10.2. The molecule has 4 atom stereocenters. The third-order valence-electron chi connectivity index (χ3n) is 3.67. The Morgan fingerprint density at radius 3 is 2.50 bits per heavy atom. The summed E-state index contributed by atoms with van der Waals surface area (Å²) in [6.45, 7) is 2.97. The largest absolute Gasteiger partial charge is 0.388 e. The number of fused-ring (bicyclic) bond motifs is 1. The second kappa shape index (κ2) is 4.74. The van der Waals surface area contributed by atoms with Crippen LogP contribution in [0.3, 0.4) is 0 Å². The summed E-state index contributed by atoms with van der Waals surface area (Å²) in [4.78, 5) is 11.9. The van der Waals surface area contributed by atoms with Crippen molar-refractivity contribution < 1.29 is 20.1 Å². The van der Waals surface area contributed by atoms with Crippen LogP contribution in [0.5, 0.6) is 0 Å². The summed E-state index contributed by atoms with van der Waals surface area (Å²) in [5.74, 6) is 0.0622. The molecular formula is C12H18N6O4. The molecule has 0 spiro atoms. The van der Waals surface area contributed by atoms with E-state index in [2.05, 4.69) is 15.0 Å². The Kier molecular flexibility index (Phi) is 3.22. The average molecular weight is 310 g/mol. The van der Waals surface area contributed by atoms with Crippen LogP contribution in [-0.4, -0.2) is 58.8 Å². The van der Waals surface area contributed by atoms with Crippen LogP contribution in [0.15, 0.2) is 6.33 Å². The van der Waals surface area contributed by atoms with Crippen molar-refractivity contribution in [1.29, 1.82) is 0 Å². The predicted octanol–water partition coefficient (Wildman–Crippen LogP) is -1.62. The fourth-order valence-electron chi connectivity index (χ4n) is 2.62. The maximum absolute atomic E-state index is 10.2. The van der Waals surface area contributed by atoms with E-state index in [0.29, 0.717) is 5.52 Å². The van der Waals surface area contributed by atoms with Gasteiger partial charge in [0.15, 0.2) is 17.7 Å². The van der Waals surface area contributed by atoms with Gasteiger partial charge in [-0.25, -0.2) is 4.98 Å². The molecule has 22 heavy (non-hydrogen) atoms. The summed E-state index contributed by atoms with van der Waals surface area (Å²) >= 11 is 0. The average Bonchev–Trinajstić information content (AvgIpc) is 2.92. The summed E-state index contributed by atoms with van der Waals surface area (Å²) in [6.07, 6.45) is -3.13. The van der Waals surface area contributed by atoms with E-state index < -0.39 is 30.1 Å². The van der Waals surface area contributed by atoms with Gasteiger partial charge >= 0.3 is 0 Å². The molecule has 1 fully saturated rings. The summed E-state index contributed by atoms with van der Waals surface area (Å²) in [7, 11) is 0. The van der Waals surface area contributed by atoms with Crippen LogP contribution in [0.2, 0.25) is 0 Å². The van der Waals surface area contributed by atoms with E-state index in [-0.39, 0.29) is 17.4 Å². The minimum atomic E-state index is -1.33. The predicted molar refractivity (Wildman–Crippen MR) is 76.4 cm³/mol. The second-order valence-corrected chi connectivity index (χ2v) is 5.87. The smallest absolute Gasteiger partial charge is 0.224 e. The molecule has 0 saturated carbocycles. The number of ether oxygens (including phenoxy) is 1. The van der Waals surface area contributed by atoms with Crippen molar-refractivity contribution in [1.82, 2.24) is 19.5 Å². The van der Waals surface area contributed by atoms with E-state index in [4.69, 9.17) is 16.2 Å². The summed E-state index contributed by atoms with van der Waals surface area (Å²) in [5.41, 5.74) is 10.6. The monoisotopic (exact) mass is 310 g/mol. The van der Waals surface area contributed by atoms with Gasteiger partial charge < -0.3 is 31.5 Å². The van der Waals surface area contributed by atoms with Crippen LogP contribution in [0, 0.1) is 0 Å². The van der Waals surface area contributed by atoms with Crippen molar-refractivity contribution in [2.45, 2.75) is 44.0 Å². The van der Waals surface area contributed by atoms with Gasteiger partial charge in [0.2, 0.25) is 5.95 Å². The number of aliphatic hydroxyl groups excluding tert-OH is 2. The number of nitrogens with two attached hydrogens (primary N) is 2. The highest BCUT2D eigenvalue weighted by molar-refractivity contribution is 5.82. The fourth-order valence-corrected chi connectivity index (χ4v) is 2.62. The molecule has 2 aromatic heterocycles. The highest BCUT2D eigenvalue weighted by atomic mass is 16.6. The van der Waals surface area contributed by atoms with Crippen LogP contribution in [0.1, 0.15) is 20.1 Å². The lowest BCUT2D eigenvalue weighted by Gasteiger charge is -2.27. The molecule has 0 radical (unpaired) electrons. The zero-order valence-corrected chi connectivity index (χ0v) is 12.1. The summed E-state index contributed by atoms with van der Waals surface area (Å²) < 4.78 is 7.02. The van der Waals surface area contributed by atoms with Gasteiger partial charge in [0.1, 0.15) is 23.8 Å². The molecule has 10 heteroatoms. The van der Waals surface area contributed by atoms with Gasteiger partial charge in [-0.15, -0.1) is 0 Å². The number of anilines is 2. The van der Waals surface area contributed by atoms with Gasteiger partial charge in [0.05, 0.1) is 11.9 Å². The van der Waals surface area contributed by atoms with Crippen LogP contribution < -0.4 is 11.5 Å². The lowest BCUT2D eigenvalue weighted by molar-refractivity contribution is -0.122. The zero-order chi connectivity index (χ0) is 16.2. The number of nitrogen functional groups attached to an aromatic ring is 2. The topological polar surface area (TPSA) is 166 Å². The minimum Gasteiger partial charge on any atom is -0.388 e. The Labute approximate surface area is 125 Å². The number of aromatic nitrogens is 4. The Morgan fingerprint density at radius 1 is 1.23 bits per heavy atom. The standard InChI is InChI=1S/C12H18N6O4/c1-12(2,21)7-5(19)6(20)10(22-7)18-3-15-4-8(13)16-11(14)17-9(4)18/h3,5-7,10,19-21H,1-2H3,(H4,13,14,16,17)/t5-,6+,7-,10+/m0/s1. The Bertz CT molecular complexity index is 711. The van der Waals surface area contributed by atoms with E-state index in [1.807, 2.05) is 0 Å². The Hall–Kier alpha value is -2.01. The first kappa shape index (κ1) is 14.9. The molecule has 3 heterocycles. The lowest BCUT2D eigenvalue weighted by Crippen LogP contribution is -2.44. The van der Waals surface area contributed by atoms with E-state index in [1.165, 1.54) is 24.7 Å². The van der Waals surface area contributed by atoms with Crippen molar-refractivity contribution in [3.05, 3.63) is 6.33 Å². The van der Waals surface area contributed by atoms with E-state index in [0.717, 1.165) is 0 Å². The van der Waals surface area contributed by atoms with E-state index >= 15 is 0 Å². The second-order valence-electron chi connectivity index (χ2n) is 5.87. The van der Waals surface area contributed by atoms with Crippen molar-refractivity contribution >= 4 is 22.9 Å². The number of aliphatic hydroxyl groups is 3. The lowest BCUT2D eigenvalue weighted by atomic mass is 9.96. The molecule has 3 rings (SSSR count). The third kappa shape index (κ3) is 2.16. The van der Waals surface area contributed by atoms with Gasteiger partial charge in [-0.2, -0.15) is 9.97 Å². The van der Waals surface area contributed by atoms with Gasteiger partial charge in [0, 0.05) is 0 Å². The van der Waals surface area contributed by atoms with Crippen LogP contribution in [-0.2, 0) is 4.74 Å². The van der Waals surface area contributed by atoms with Crippen molar-refractivity contribution in [2.24, 2.45) is 0 Å². The summed E-state index contributed by atoms with van der Waals surface area (Å²) in [5, 5.41) is 30.3. The Balaban J connectivity index is 2.05. The van der Waals surface area contributed by atoms with Gasteiger partial charge in [-0.3, -0.25) is 4.57 Å². The molecule has 7 N–H and O–H groups in total. The molecule has 120 valence electrons. The molecule has 0 unspecified atom stereocenters. The molecular weight excluding hydrogens is 292 g/mol. The van der Waals surface area contributed by atoms with Crippen molar-refractivity contribution in [2.75, 3.05) is 11.5 Å². The number of hydrogen-bond donors (Lipinski definition) is 5. The normalized spacial score (nSPS) is 29.3. The first-order chi connectivity index (χ1) is 10.2. The Morgan fingerprint density at radius 2 is 1.91 bits per heavy atom. The number of imidazole rings is 1. The quantitative estimate of drug-likeness (QED) is 0.438. The molecule has 10 nitrogen and oxygen atoms in total. The van der Waals surface area contributed by atoms with Crippen LogP contribution in [0.25, 0.3) is 11.2 Å². The van der Waals surface area contributed by atoms with Crippen molar-refractivity contribution in [3.63, 3.8) is 0 Å². The van der Waals surface area contributed by atoms with Crippen molar-refractivity contribution in [3.8, 4) is 0 Å². The first-order valence-electron chi connectivity index (χ1n) is 6.69. The van der Waals surface area contributed by atoms with Gasteiger partial charge in [0.25, 0.3) is 0 Å². The van der Waals surface area contributed by atoms with Gasteiger partial charge in [-0.05, 0) is 13.8 Å². The SMILES string of the molecule is CC(C)(O)[C@H]1O[C@@H](n2cnc3c(N)nc(N)nc32)[C@H](O)[C@@H]1O. The molecule has 0 aliphatic carbocycles. The van der Waals surface area contributed by atoms with E-state index in [9.17, 15) is 15.3 Å². The molecule has 1 aliphatic heterocycles. The molecule has 1 aliphatic rings. The molecule has 0 aromatic carbocycles. The maximum Gasteiger partial charge on any atom is 0.224 e. The molecule has 1 saturated heterocycles. The minimum absolute atomic E-state index is 0.0428. The number of rotatable bonds is 2. The molecule has 0 bridgehead atoms.